The van der Waals surface area contributed by atoms with Crippen molar-refractivity contribution in [1.82, 2.24) is 14.5 Å². The Morgan fingerprint density at radius 3 is 2.47 bits per heavy atom. The predicted octanol–water partition coefficient (Wildman–Crippen LogP) is 4.98. The van der Waals surface area contributed by atoms with Crippen LogP contribution in [0.1, 0.15) is 24.4 Å². The lowest BCUT2D eigenvalue weighted by Crippen LogP contribution is -2.70. The highest BCUT2D eigenvalue weighted by atomic mass is 127. The Kier molecular flexibility index (Phi) is 7.90. The van der Waals surface area contributed by atoms with Gasteiger partial charge in [-0.3, -0.25) is 4.90 Å². The number of imidazole rings is 1. The fourth-order valence-electron chi connectivity index (χ4n) is 4.30. The van der Waals surface area contributed by atoms with Gasteiger partial charge in [0, 0.05) is 31.0 Å². The molecule has 184 valence electrons. The molecule has 3 heterocycles. The summed E-state index contributed by atoms with van der Waals surface area (Å²) < 4.78 is 19.0. The molecule has 36 heavy (non-hydrogen) atoms. The molecule has 0 saturated carbocycles. The molecule has 2 atom stereocenters. The van der Waals surface area contributed by atoms with Crippen LogP contribution in [0.25, 0.3) is 11.1 Å². The summed E-state index contributed by atoms with van der Waals surface area (Å²) >= 11 is 2.22. The molecule has 2 aliphatic rings. The average molecular weight is 612 g/mol. The van der Waals surface area contributed by atoms with E-state index < -0.39 is 5.54 Å². The summed E-state index contributed by atoms with van der Waals surface area (Å²) in [7, 11) is 0. The first kappa shape index (κ1) is 25.2. The Morgan fingerprint density at radius 1 is 1.17 bits per heavy atom. The molecule has 5 rings (SSSR count). The van der Waals surface area contributed by atoms with E-state index in [2.05, 4.69) is 74.1 Å². The zero-order valence-electron chi connectivity index (χ0n) is 19.9. The fraction of sp³-hybridized carbons (Fsp3) is 0.333. The maximum absolute atomic E-state index is 9.40. The summed E-state index contributed by atoms with van der Waals surface area (Å²) in [4.78, 5) is 6.55. The van der Waals surface area contributed by atoms with Gasteiger partial charge in [0.15, 0.2) is 5.54 Å². The van der Waals surface area contributed by atoms with Gasteiger partial charge in [-0.05, 0) is 64.4 Å². The first-order chi connectivity index (χ1) is 17.6. The SMILES string of the molecule is CC(OPI)c1nccn1CC#Cc1ccc(-c2ccc(OC3CN(C4(C#N)COC4)C3)cc2)cc1. The van der Waals surface area contributed by atoms with Crippen LogP contribution >= 0.6 is 28.5 Å². The third kappa shape index (κ3) is 5.44. The second-order valence-corrected chi connectivity index (χ2v) is 10.6. The molecule has 2 unspecified atom stereocenters. The number of ether oxygens (including phenoxy) is 2. The normalized spacial score (nSPS) is 18.0. The molecule has 2 fully saturated rings. The molecule has 1 aromatic heterocycles. The molecule has 0 aliphatic carbocycles. The van der Waals surface area contributed by atoms with Crippen molar-refractivity contribution in [3.05, 3.63) is 72.3 Å². The Balaban J connectivity index is 1.14. The van der Waals surface area contributed by atoms with E-state index in [1.54, 1.807) is 6.20 Å². The van der Waals surface area contributed by atoms with Gasteiger partial charge in [-0.15, -0.1) is 0 Å². The lowest BCUT2D eigenvalue weighted by atomic mass is 9.92. The maximum atomic E-state index is 9.40. The predicted molar refractivity (Wildman–Crippen MR) is 148 cm³/mol. The monoisotopic (exact) mass is 612 g/mol. The van der Waals surface area contributed by atoms with Crippen LogP contribution in [0.4, 0.5) is 0 Å². The number of hydrogen-bond donors (Lipinski definition) is 0. The summed E-state index contributed by atoms with van der Waals surface area (Å²) in [5.74, 6) is 8.21. The minimum atomic E-state index is -0.440. The number of halogens is 1. The summed E-state index contributed by atoms with van der Waals surface area (Å²) in [5.41, 5.74) is 2.79. The highest BCUT2D eigenvalue weighted by molar-refractivity contribution is 14.2. The highest BCUT2D eigenvalue weighted by Crippen LogP contribution is 2.32. The minimum Gasteiger partial charge on any atom is -0.488 e. The molecule has 3 aromatic rings. The van der Waals surface area contributed by atoms with E-state index in [0.717, 1.165) is 41.4 Å². The van der Waals surface area contributed by atoms with E-state index in [4.69, 9.17) is 14.0 Å². The number of nitriles is 1. The largest absolute Gasteiger partial charge is 0.488 e. The van der Waals surface area contributed by atoms with Gasteiger partial charge < -0.3 is 18.6 Å². The Morgan fingerprint density at radius 2 is 1.86 bits per heavy atom. The standard InChI is InChI=1S/C27H26IN4O3P/c1-20(35-36-28)26-30-12-14-31(26)13-2-3-21-4-6-22(7-5-21)23-8-10-24(11-9-23)34-25-15-32(16-25)27(17-29)18-33-19-27/h4-12,14,20,25,36H,13,15-16,18-19H2,1H3. The Bertz CT molecular complexity index is 1280. The lowest BCUT2D eigenvalue weighted by molar-refractivity contribution is -0.153. The number of rotatable bonds is 8. The van der Waals surface area contributed by atoms with E-state index in [-0.39, 0.29) is 12.2 Å². The van der Waals surface area contributed by atoms with Crippen molar-refractivity contribution in [3.63, 3.8) is 0 Å². The number of aromatic nitrogens is 2. The lowest BCUT2D eigenvalue weighted by Gasteiger charge is -2.51. The topological polar surface area (TPSA) is 72.5 Å². The second kappa shape index (κ2) is 11.3. The molecule has 0 radical (unpaired) electrons. The van der Waals surface area contributed by atoms with E-state index in [9.17, 15) is 5.26 Å². The van der Waals surface area contributed by atoms with Crippen LogP contribution in [0.15, 0.2) is 60.9 Å². The number of likely N-dealkylation sites (tertiary alicyclic amines) is 1. The zero-order valence-corrected chi connectivity index (χ0v) is 23.0. The summed E-state index contributed by atoms with van der Waals surface area (Å²) in [6.07, 6.45) is 3.78. The van der Waals surface area contributed by atoms with Gasteiger partial charge in [-0.2, -0.15) is 5.26 Å². The Labute approximate surface area is 226 Å². The van der Waals surface area contributed by atoms with E-state index in [0.29, 0.717) is 26.2 Å². The third-order valence-corrected chi connectivity index (χ3v) is 7.74. The molecule has 2 aliphatic heterocycles. The summed E-state index contributed by atoms with van der Waals surface area (Å²) in [6, 6.07) is 18.8. The molecule has 2 aromatic carbocycles. The van der Waals surface area contributed by atoms with Crippen molar-refractivity contribution >= 4 is 28.5 Å². The molecule has 0 spiro atoms. The van der Waals surface area contributed by atoms with Crippen molar-refractivity contribution in [2.75, 3.05) is 26.3 Å². The van der Waals surface area contributed by atoms with Gasteiger partial charge in [0.05, 0.1) is 32.3 Å². The van der Waals surface area contributed by atoms with Crippen LogP contribution in [-0.2, 0) is 15.8 Å². The van der Waals surface area contributed by atoms with Crippen molar-refractivity contribution in [2.45, 2.75) is 31.2 Å². The molecule has 0 bridgehead atoms. The smallest absolute Gasteiger partial charge is 0.156 e. The number of hydrogen-bond acceptors (Lipinski definition) is 6. The van der Waals surface area contributed by atoms with E-state index >= 15 is 0 Å². The zero-order chi connectivity index (χ0) is 25.0. The third-order valence-electron chi connectivity index (χ3n) is 6.53. The van der Waals surface area contributed by atoms with Crippen LogP contribution in [0, 0.1) is 23.2 Å². The second-order valence-electron chi connectivity index (χ2n) is 8.94. The van der Waals surface area contributed by atoms with Crippen LogP contribution in [0.2, 0.25) is 0 Å². The van der Waals surface area contributed by atoms with E-state index in [1.807, 2.05) is 42.0 Å². The van der Waals surface area contributed by atoms with Crippen LogP contribution in [-0.4, -0.2) is 52.4 Å². The molecule has 9 heteroatoms. The van der Waals surface area contributed by atoms with Crippen molar-refractivity contribution in [2.24, 2.45) is 0 Å². The molecule has 0 N–H and O–H groups in total. The van der Waals surface area contributed by atoms with Gasteiger partial charge in [0.25, 0.3) is 0 Å². The maximum Gasteiger partial charge on any atom is 0.156 e. The molecule has 0 amide bonds. The van der Waals surface area contributed by atoms with Gasteiger partial charge in [-0.25, -0.2) is 4.98 Å². The van der Waals surface area contributed by atoms with Gasteiger partial charge >= 0.3 is 0 Å². The van der Waals surface area contributed by atoms with Crippen molar-refractivity contribution < 1.29 is 14.0 Å². The van der Waals surface area contributed by atoms with Crippen molar-refractivity contribution in [1.29, 1.82) is 5.26 Å². The highest BCUT2D eigenvalue weighted by Gasteiger charge is 2.50. The quantitative estimate of drug-likeness (QED) is 0.203. The number of nitrogens with zero attached hydrogens (tertiary/aromatic N) is 4. The molecule has 7 nitrogen and oxygen atoms in total. The minimum absolute atomic E-state index is 0.0466. The fourth-order valence-corrected chi connectivity index (χ4v) is 5.68. The van der Waals surface area contributed by atoms with Crippen LogP contribution < -0.4 is 4.74 Å². The first-order valence-electron chi connectivity index (χ1n) is 11.7. The van der Waals surface area contributed by atoms with Gasteiger partial charge in [0.1, 0.15) is 23.8 Å². The molecular weight excluding hydrogens is 586 g/mol. The van der Waals surface area contributed by atoms with Crippen molar-refractivity contribution in [3.8, 4) is 34.8 Å². The van der Waals surface area contributed by atoms with Gasteiger partial charge in [-0.1, -0.05) is 36.1 Å². The van der Waals surface area contributed by atoms with Crippen LogP contribution in [0.3, 0.4) is 0 Å². The number of benzene rings is 2. The Hall–Kier alpha value is -2.46. The summed E-state index contributed by atoms with van der Waals surface area (Å²) in [5, 5.41) is 9.40. The van der Waals surface area contributed by atoms with Crippen LogP contribution in [0.5, 0.6) is 5.75 Å². The molecule has 2 saturated heterocycles. The average Bonchev–Trinajstić information content (AvgIpc) is 3.32. The molecular formula is C27H26IN4O3P. The van der Waals surface area contributed by atoms with E-state index in [1.165, 1.54) is 0 Å². The van der Waals surface area contributed by atoms with Gasteiger partial charge in [0.2, 0.25) is 0 Å². The first-order valence-corrected chi connectivity index (χ1v) is 15.7. The summed E-state index contributed by atoms with van der Waals surface area (Å²) in [6.45, 7) is 5.48.